The Bertz CT molecular complexity index is 357. The normalized spacial score (nSPS) is 15.1. The molecule has 1 heterocycles. The lowest BCUT2D eigenvalue weighted by Crippen LogP contribution is -2.29. The van der Waals surface area contributed by atoms with Crippen LogP contribution in [0.2, 0.25) is 0 Å². The Morgan fingerprint density at radius 3 is 3.06 bits per heavy atom. The van der Waals surface area contributed by atoms with Crippen LogP contribution in [0.3, 0.4) is 0 Å². The largest absolute Gasteiger partial charge is 0.353 e. The topological polar surface area (TPSA) is 69.8 Å². The Labute approximate surface area is 95.0 Å². The van der Waals surface area contributed by atoms with Gasteiger partial charge < -0.3 is 15.6 Å². The van der Waals surface area contributed by atoms with Crippen molar-refractivity contribution in [2.24, 2.45) is 0 Å². The monoisotopic (exact) mass is 222 g/mol. The smallest absolute Gasteiger partial charge is 0.221 e. The molecule has 1 aromatic rings. The van der Waals surface area contributed by atoms with Gasteiger partial charge in [-0.1, -0.05) is 0 Å². The van der Waals surface area contributed by atoms with Crippen molar-refractivity contribution < 1.29 is 4.79 Å². The molecule has 0 aromatic carbocycles. The molecule has 0 aliphatic heterocycles. The molecular weight excluding hydrogens is 204 g/mol. The average molecular weight is 222 g/mol. The van der Waals surface area contributed by atoms with Gasteiger partial charge in [0.25, 0.3) is 0 Å². The number of imidazole rings is 1. The third-order valence-electron chi connectivity index (χ3n) is 2.54. The summed E-state index contributed by atoms with van der Waals surface area (Å²) in [5, 5.41) is 6.17. The van der Waals surface area contributed by atoms with Crippen LogP contribution in [0.5, 0.6) is 0 Å². The van der Waals surface area contributed by atoms with Crippen LogP contribution in [-0.4, -0.2) is 28.5 Å². The molecule has 0 unspecified atom stereocenters. The molecular formula is C11H18N4O. The standard InChI is InChI=1S/C11H18N4O/c1-8-13-7-10(14-8)6-12-5-4-11(16)15-9-2-3-9/h7,9,12H,2-6H2,1H3,(H,13,14)(H,15,16). The van der Waals surface area contributed by atoms with Crippen LogP contribution in [-0.2, 0) is 11.3 Å². The number of rotatable bonds is 6. The molecule has 3 N–H and O–H groups in total. The minimum absolute atomic E-state index is 0.149. The first kappa shape index (κ1) is 11.1. The van der Waals surface area contributed by atoms with E-state index in [1.54, 1.807) is 0 Å². The zero-order valence-electron chi connectivity index (χ0n) is 9.55. The highest BCUT2D eigenvalue weighted by Gasteiger charge is 2.22. The Morgan fingerprint density at radius 1 is 1.62 bits per heavy atom. The van der Waals surface area contributed by atoms with Gasteiger partial charge in [0.2, 0.25) is 5.91 Å². The Morgan fingerprint density at radius 2 is 2.44 bits per heavy atom. The van der Waals surface area contributed by atoms with Gasteiger partial charge in [0.05, 0.1) is 0 Å². The highest BCUT2D eigenvalue weighted by molar-refractivity contribution is 5.76. The molecule has 1 aliphatic carbocycles. The Kier molecular flexibility index (Phi) is 3.56. The highest BCUT2D eigenvalue weighted by Crippen LogP contribution is 2.18. The van der Waals surface area contributed by atoms with Gasteiger partial charge in [-0.3, -0.25) is 4.79 Å². The van der Waals surface area contributed by atoms with Gasteiger partial charge in [0.15, 0.2) is 0 Å². The van der Waals surface area contributed by atoms with E-state index in [1.165, 1.54) is 0 Å². The molecule has 88 valence electrons. The molecule has 0 atom stereocenters. The number of nitrogens with zero attached hydrogens (tertiary/aromatic N) is 1. The van der Waals surface area contributed by atoms with Gasteiger partial charge in [0.1, 0.15) is 5.82 Å². The number of aryl methyl sites for hydroxylation is 1. The molecule has 0 radical (unpaired) electrons. The van der Waals surface area contributed by atoms with Crippen LogP contribution in [0.4, 0.5) is 0 Å². The zero-order valence-corrected chi connectivity index (χ0v) is 9.55. The molecule has 1 aliphatic rings. The number of aromatic nitrogens is 2. The van der Waals surface area contributed by atoms with E-state index in [1.807, 2.05) is 13.1 Å². The van der Waals surface area contributed by atoms with Crippen LogP contribution in [0.15, 0.2) is 6.20 Å². The van der Waals surface area contributed by atoms with Crippen molar-refractivity contribution in [3.63, 3.8) is 0 Å². The number of amides is 1. The number of hydrogen-bond acceptors (Lipinski definition) is 3. The molecule has 1 fully saturated rings. The summed E-state index contributed by atoms with van der Waals surface area (Å²) in [6.07, 6.45) is 4.65. The molecule has 5 heteroatoms. The van der Waals surface area contributed by atoms with Gasteiger partial charge in [-0.2, -0.15) is 0 Å². The maximum Gasteiger partial charge on any atom is 0.221 e. The van der Waals surface area contributed by atoms with Crippen molar-refractivity contribution in [2.75, 3.05) is 6.54 Å². The first-order valence-corrected chi connectivity index (χ1v) is 5.74. The summed E-state index contributed by atoms with van der Waals surface area (Å²) >= 11 is 0. The number of carbonyl (C=O) groups is 1. The lowest BCUT2D eigenvalue weighted by molar-refractivity contribution is -0.121. The second kappa shape index (κ2) is 5.12. The van der Waals surface area contributed by atoms with Crippen LogP contribution in [0.1, 0.15) is 30.8 Å². The van der Waals surface area contributed by atoms with Gasteiger partial charge >= 0.3 is 0 Å². The number of H-pyrrole nitrogens is 1. The summed E-state index contributed by atoms with van der Waals surface area (Å²) in [7, 11) is 0. The zero-order chi connectivity index (χ0) is 11.4. The lowest BCUT2D eigenvalue weighted by atomic mass is 10.3. The minimum Gasteiger partial charge on any atom is -0.353 e. The van der Waals surface area contributed by atoms with Gasteiger partial charge in [0, 0.05) is 37.4 Å². The predicted molar refractivity (Wildman–Crippen MR) is 60.8 cm³/mol. The third kappa shape index (κ3) is 3.66. The molecule has 1 saturated carbocycles. The van der Waals surface area contributed by atoms with Crippen molar-refractivity contribution in [2.45, 2.75) is 38.8 Å². The van der Waals surface area contributed by atoms with Crippen molar-refractivity contribution in [1.29, 1.82) is 0 Å². The Balaban J connectivity index is 1.55. The SMILES string of the molecule is Cc1ncc(CNCCC(=O)NC2CC2)[nH]1. The lowest BCUT2D eigenvalue weighted by Gasteiger charge is -2.04. The van der Waals surface area contributed by atoms with E-state index < -0.39 is 0 Å². The van der Waals surface area contributed by atoms with Crippen LogP contribution >= 0.6 is 0 Å². The number of carbonyl (C=O) groups excluding carboxylic acids is 1. The molecule has 0 bridgehead atoms. The second-order valence-corrected chi connectivity index (χ2v) is 4.26. The predicted octanol–water partition coefficient (Wildman–Crippen LogP) is 0.476. The number of nitrogens with one attached hydrogen (secondary N) is 3. The molecule has 16 heavy (non-hydrogen) atoms. The fourth-order valence-electron chi connectivity index (χ4n) is 1.51. The van der Waals surface area contributed by atoms with Gasteiger partial charge in [-0.25, -0.2) is 4.98 Å². The maximum atomic E-state index is 11.3. The fourth-order valence-corrected chi connectivity index (χ4v) is 1.51. The quantitative estimate of drug-likeness (QED) is 0.613. The summed E-state index contributed by atoms with van der Waals surface area (Å²) in [4.78, 5) is 18.6. The average Bonchev–Trinajstić information content (AvgIpc) is 2.95. The summed E-state index contributed by atoms with van der Waals surface area (Å²) in [6, 6.07) is 0.461. The third-order valence-corrected chi connectivity index (χ3v) is 2.54. The maximum absolute atomic E-state index is 11.3. The van der Waals surface area contributed by atoms with E-state index in [0.29, 0.717) is 19.0 Å². The van der Waals surface area contributed by atoms with Crippen LogP contribution in [0, 0.1) is 6.92 Å². The minimum atomic E-state index is 0.149. The van der Waals surface area contributed by atoms with Crippen molar-refractivity contribution in [1.82, 2.24) is 20.6 Å². The second-order valence-electron chi connectivity index (χ2n) is 4.26. The summed E-state index contributed by atoms with van der Waals surface area (Å²) in [5.41, 5.74) is 1.06. The summed E-state index contributed by atoms with van der Waals surface area (Å²) < 4.78 is 0. The van der Waals surface area contributed by atoms with Crippen molar-refractivity contribution in [3.05, 3.63) is 17.7 Å². The van der Waals surface area contributed by atoms with E-state index in [4.69, 9.17) is 0 Å². The number of hydrogen-bond donors (Lipinski definition) is 3. The summed E-state index contributed by atoms with van der Waals surface area (Å²) in [5.74, 6) is 1.07. The first-order chi connectivity index (χ1) is 7.74. The molecule has 5 nitrogen and oxygen atoms in total. The molecule has 1 aromatic heterocycles. The van der Waals surface area contributed by atoms with Crippen LogP contribution < -0.4 is 10.6 Å². The first-order valence-electron chi connectivity index (χ1n) is 5.74. The molecule has 1 amide bonds. The van der Waals surface area contributed by atoms with Crippen LogP contribution in [0.25, 0.3) is 0 Å². The van der Waals surface area contributed by atoms with E-state index in [2.05, 4.69) is 20.6 Å². The van der Waals surface area contributed by atoms with Crippen molar-refractivity contribution >= 4 is 5.91 Å². The van der Waals surface area contributed by atoms with Crippen molar-refractivity contribution in [3.8, 4) is 0 Å². The van der Waals surface area contributed by atoms with E-state index in [-0.39, 0.29) is 5.91 Å². The van der Waals surface area contributed by atoms with E-state index in [9.17, 15) is 4.79 Å². The van der Waals surface area contributed by atoms with Gasteiger partial charge in [-0.15, -0.1) is 0 Å². The fraction of sp³-hybridized carbons (Fsp3) is 0.636. The van der Waals surface area contributed by atoms with Gasteiger partial charge in [-0.05, 0) is 19.8 Å². The van der Waals surface area contributed by atoms with E-state index in [0.717, 1.165) is 30.9 Å². The highest BCUT2D eigenvalue weighted by atomic mass is 16.1. The molecule has 0 saturated heterocycles. The summed E-state index contributed by atoms with van der Waals surface area (Å²) in [6.45, 7) is 3.36. The van der Waals surface area contributed by atoms with E-state index >= 15 is 0 Å². The molecule has 2 rings (SSSR count). The number of aromatic amines is 1. The molecule has 0 spiro atoms. The Hall–Kier alpha value is -1.36.